The van der Waals surface area contributed by atoms with Crippen LogP contribution in [0.2, 0.25) is 0 Å². The third-order valence-electron chi connectivity index (χ3n) is 3.59. The SMILES string of the molecule is Cc1nnc(Nc2ccc(CN3CCOCC3)cc2)[nH]c1=O. The molecular formula is C15H19N5O2. The molecular weight excluding hydrogens is 282 g/mol. The number of hydrogen-bond acceptors (Lipinski definition) is 6. The molecule has 1 saturated heterocycles. The average molecular weight is 301 g/mol. The van der Waals surface area contributed by atoms with E-state index in [1.54, 1.807) is 6.92 Å². The Morgan fingerprint density at radius 1 is 1.23 bits per heavy atom. The summed E-state index contributed by atoms with van der Waals surface area (Å²) in [6.45, 7) is 6.10. The van der Waals surface area contributed by atoms with Gasteiger partial charge in [0.1, 0.15) is 5.69 Å². The van der Waals surface area contributed by atoms with Crippen molar-refractivity contribution in [1.82, 2.24) is 20.1 Å². The number of nitrogens with one attached hydrogen (secondary N) is 2. The molecule has 0 amide bonds. The first kappa shape index (κ1) is 14.7. The molecule has 7 nitrogen and oxygen atoms in total. The zero-order valence-electron chi connectivity index (χ0n) is 12.5. The fourth-order valence-electron chi connectivity index (χ4n) is 2.30. The van der Waals surface area contributed by atoms with Crippen molar-refractivity contribution < 1.29 is 4.74 Å². The van der Waals surface area contributed by atoms with Crippen molar-refractivity contribution in [2.75, 3.05) is 31.6 Å². The molecule has 0 spiro atoms. The fourth-order valence-corrected chi connectivity index (χ4v) is 2.30. The number of morpholine rings is 1. The van der Waals surface area contributed by atoms with Gasteiger partial charge in [-0.25, -0.2) is 0 Å². The Labute approximate surface area is 128 Å². The predicted octanol–water partition coefficient (Wildman–Crippen LogP) is 1.05. The van der Waals surface area contributed by atoms with Crippen molar-refractivity contribution in [2.45, 2.75) is 13.5 Å². The molecule has 2 N–H and O–H groups in total. The molecule has 0 aliphatic carbocycles. The van der Waals surface area contributed by atoms with E-state index in [2.05, 4.69) is 37.5 Å². The number of benzene rings is 1. The smallest absolute Gasteiger partial charge is 0.273 e. The molecule has 1 fully saturated rings. The summed E-state index contributed by atoms with van der Waals surface area (Å²) >= 11 is 0. The number of aromatic nitrogens is 3. The predicted molar refractivity (Wildman–Crippen MR) is 83.2 cm³/mol. The first-order valence-corrected chi connectivity index (χ1v) is 7.30. The minimum absolute atomic E-state index is 0.235. The van der Waals surface area contributed by atoms with Gasteiger partial charge in [0.15, 0.2) is 0 Å². The number of ether oxygens (including phenoxy) is 1. The van der Waals surface area contributed by atoms with Crippen molar-refractivity contribution >= 4 is 11.6 Å². The normalized spacial score (nSPS) is 15.7. The van der Waals surface area contributed by atoms with Gasteiger partial charge >= 0.3 is 0 Å². The highest BCUT2D eigenvalue weighted by molar-refractivity contribution is 5.53. The molecule has 0 bridgehead atoms. The minimum Gasteiger partial charge on any atom is -0.379 e. The van der Waals surface area contributed by atoms with Gasteiger partial charge < -0.3 is 10.1 Å². The molecule has 2 heterocycles. The number of aromatic amines is 1. The van der Waals surface area contributed by atoms with E-state index in [1.165, 1.54) is 5.56 Å². The largest absolute Gasteiger partial charge is 0.379 e. The Hall–Kier alpha value is -2.25. The zero-order valence-corrected chi connectivity index (χ0v) is 12.5. The summed E-state index contributed by atoms with van der Waals surface area (Å²) in [6.07, 6.45) is 0. The van der Waals surface area contributed by atoms with Gasteiger partial charge in [0, 0.05) is 25.3 Å². The van der Waals surface area contributed by atoms with Gasteiger partial charge in [-0.1, -0.05) is 12.1 Å². The molecule has 0 saturated carbocycles. The summed E-state index contributed by atoms with van der Waals surface area (Å²) in [6, 6.07) is 8.07. The van der Waals surface area contributed by atoms with E-state index in [9.17, 15) is 4.79 Å². The van der Waals surface area contributed by atoms with E-state index in [0.717, 1.165) is 38.5 Å². The van der Waals surface area contributed by atoms with E-state index in [-0.39, 0.29) is 5.56 Å². The maximum Gasteiger partial charge on any atom is 0.273 e. The maximum absolute atomic E-state index is 11.5. The fraction of sp³-hybridized carbons (Fsp3) is 0.400. The van der Waals surface area contributed by atoms with Gasteiger partial charge in [-0.05, 0) is 24.6 Å². The van der Waals surface area contributed by atoms with Crippen molar-refractivity contribution in [3.05, 3.63) is 45.9 Å². The highest BCUT2D eigenvalue weighted by Gasteiger charge is 2.10. The number of anilines is 2. The second-order valence-corrected chi connectivity index (χ2v) is 5.30. The van der Waals surface area contributed by atoms with Gasteiger partial charge in [-0.15, -0.1) is 10.2 Å². The lowest BCUT2D eigenvalue weighted by molar-refractivity contribution is 0.0342. The van der Waals surface area contributed by atoms with Crippen LogP contribution in [0.1, 0.15) is 11.3 Å². The quantitative estimate of drug-likeness (QED) is 0.878. The molecule has 0 unspecified atom stereocenters. The lowest BCUT2D eigenvalue weighted by atomic mass is 10.2. The summed E-state index contributed by atoms with van der Waals surface area (Å²) in [4.78, 5) is 16.5. The minimum atomic E-state index is -0.235. The van der Waals surface area contributed by atoms with Crippen LogP contribution in [0.3, 0.4) is 0 Å². The van der Waals surface area contributed by atoms with E-state index >= 15 is 0 Å². The van der Waals surface area contributed by atoms with Crippen molar-refractivity contribution in [3.8, 4) is 0 Å². The summed E-state index contributed by atoms with van der Waals surface area (Å²) in [5.41, 5.74) is 2.23. The van der Waals surface area contributed by atoms with E-state index in [4.69, 9.17) is 4.74 Å². The maximum atomic E-state index is 11.5. The molecule has 1 aromatic carbocycles. The number of rotatable bonds is 4. The zero-order chi connectivity index (χ0) is 15.4. The average Bonchev–Trinajstić information content (AvgIpc) is 2.54. The molecule has 1 aliphatic heterocycles. The Morgan fingerprint density at radius 3 is 2.64 bits per heavy atom. The van der Waals surface area contributed by atoms with Crippen molar-refractivity contribution in [3.63, 3.8) is 0 Å². The molecule has 0 radical (unpaired) electrons. The molecule has 116 valence electrons. The van der Waals surface area contributed by atoms with Crippen molar-refractivity contribution in [2.24, 2.45) is 0 Å². The third-order valence-corrected chi connectivity index (χ3v) is 3.59. The van der Waals surface area contributed by atoms with Crippen LogP contribution in [0, 0.1) is 6.92 Å². The van der Waals surface area contributed by atoms with Crippen LogP contribution in [-0.4, -0.2) is 46.4 Å². The van der Waals surface area contributed by atoms with Crippen LogP contribution >= 0.6 is 0 Å². The second kappa shape index (κ2) is 6.67. The van der Waals surface area contributed by atoms with E-state index in [1.807, 2.05) is 12.1 Å². The van der Waals surface area contributed by atoms with Gasteiger partial charge in [0.25, 0.3) is 5.56 Å². The van der Waals surface area contributed by atoms with Gasteiger partial charge in [0.2, 0.25) is 5.95 Å². The first-order chi connectivity index (χ1) is 10.7. The second-order valence-electron chi connectivity index (χ2n) is 5.30. The topological polar surface area (TPSA) is 83.1 Å². The Kier molecular flexibility index (Phi) is 4.45. The van der Waals surface area contributed by atoms with E-state index < -0.39 is 0 Å². The highest BCUT2D eigenvalue weighted by atomic mass is 16.5. The van der Waals surface area contributed by atoms with Gasteiger partial charge in [0.05, 0.1) is 13.2 Å². The molecule has 0 atom stereocenters. The van der Waals surface area contributed by atoms with Crippen LogP contribution in [0.4, 0.5) is 11.6 Å². The molecule has 3 rings (SSSR count). The third kappa shape index (κ3) is 3.69. The van der Waals surface area contributed by atoms with Crippen LogP contribution < -0.4 is 10.9 Å². The van der Waals surface area contributed by atoms with E-state index in [0.29, 0.717) is 11.6 Å². The summed E-state index contributed by atoms with van der Waals surface area (Å²) in [7, 11) is 0. The van der Waals surface area contributed by atoms with Crippen LogP contribution in [0.25, 0.3) is 0 Å². The molecule has 2 aromatic rings. The Balaban J connectivity index is 1.63. The van der Waals surface area contributed by atoms with Crippen LogP contribution in [0.15, 0.2) is 29.1 Å². The lowest BCUT2D eigenvalue weighted by Crippen LogP contribution is -2.35. The van der Waals surface area contributed by atoms with Crippen LogP contribution in [-0.2, 0) is 11.3 Å². The first-order valence-electron chi connectivity index (χ1n) is 7.30. The summed E-state index contributed by atoms with van der Waals surface area (Å²) in [5, 5.41) is 10.7. The Morgan fingerprint density at radius 2 is 1.95 bits per heavy atom. The summed E-state index contributed by atoms with van der Waals surface area (Å²) < 4.78 is 5.35. The number of nitrogens with zero attached hydrogens (tertiary/aromatic N) is 3. The molecule has 22 heavy (non-hydrogen) atoms. The number of H-pyrrole nitrogens is 1. The number of hydrogen-bond donors (Lipinski definition) is 2. The monoisotopic (exact) mass is 301 g/mol. The Bertz CT molecular complexity index is 677. The van der Waals surface area contributed by atoms with Crippen LogP contribution in [0.5, 0.6) is 0 Å². The molecule has 1 aliphatic rings. The summed E-state index contributed by atoms with van der Waals surface area (Å²) in [5.74, 6) is 0.344. The van der Waals surface area contributed by atoms with Gasteiger partial charge in [-0.2, -0.15) is 0 Å². The molecule has 1 aromatic heterocycles. The molecule has 7 heteroatoms. The van der Waals surface area contributed by atoms with Gasteiger partial charge in [-0.3, -0.25) is 14.7 Å². The lowest BCUT2D eigenvalue weighted by Gasteiger charge is -2.26. The standard InChI is InChI=1S/C15H19N5O2/c1-11-14(21)17-15(19-18-11)16-13-4-2-12(3-5-13)10-20-6-8-22-9-7-20/h2-5H,6-10H2,1H3,(H2,16,17,19,21). The highest BCUT2D eigenvalue weighted by Crippen LogP contribution is 2.14. The number of aryl methyl sites for hydroxylation is 1. The van der Waals surface area contributed by atoms with Crippen molar-refractivity contribution in [1.29, 1.82) is 0 Å².